The zero-order chi connectivity index (χ0) is 17.7. The summed E-state index contributed by atoms with van der Waals surface area (Å²) in [5.41, 5.74) is 0.796. The molecule has 7 heteroatoms. The van der Waals surface area contributed by atoms with Crippen molar-refractivity contribution in [1.29, 1.82) is 0 Å². The normalized spacial score (nSPS) is 11.2. The summed E-state index contributed by atoms with van der Waals surface area (Å²) in [7, 11) is 0. The van der Waals surface area contributed by atoms with Crippen LogP contribution in [0.4, 0.5) is 0 Å². The second-order valence-corrected chi connectivity index (χ2v) is 8.53. The lowest BCUT2D eigenvalue weighted by atomic mass is 10.2. The van der Waals surface area contributed by atoms with Gasteiger partial charge in [-0.25, -0.2) is 0 Å². The van der Waals surface area contributed by atoms with Gasteiger partial charge in [0.05, 0.1) is 5.56 Å². The number of carbonyl (C=O) groups is 1. The van der Waals surface area contributed by atoms with Crippen molar-refractivity contribution in [2.45, 2.75) is 52.2 Å². The Morgan fingerprint density at radius 3 is 2.71 bits per heavy atom. The van der Waals surface area contributed by atoms with Gasteiger partial charge < -0.3 is 9.88 Å². The van der Waals surface area contributed by atoms with Crippen LogP contribution in [0.2, 0.25) is 0 Å². The smallest absolute Gasteiger partial charge is 0.252 e. The number of aromatic nitrogens is 3. The van der Waals surface area contributed by atoms with Gasteiger partial charge in [0.2, 0.25) is 0 Å². The molecule has 0 fully saturated rings. The molecule has 2 aromatic rings. The van der Waals surface area contributed by atoms with Crippen LogP contribution in [0.15, 0.2) is 11.2 Å². The molecule has 0 spiro atoms. The Bertz CT molecular complexity index is 691. The molecule has 0 radical (unpaired) electrons. The van der Waals surface area contributed by atoms with Gasteiger partial charge in [-0.1, -0.05) is 25.6 Å². The third-order valence-corrected chi connectivity index (χ3v) is 5.31. The number of thiophene rings is 1. The zero-order valence-corrected chi connectivity index (χ0v) is 16.7. The molecule has 0 aliphatic rings. The SMILES string of the molecule is CSc1nnc(CCCNC(=O)c2cc(C)sc2C)n1CC(C)C. The second kappa shape index (κ2) is 8.67. The van der Waals surface area contributed by atoms with Gasteiger partial charge >= 0.3 is 0 Å². The minimum Gasteiger partial charge on any atom is -0.352 e. The van der Waals surface area contributed by atoms with Crippen molar-refractivity contribution in [2.75, 3.05) is 12.8 Å². The molecule has 0 saturated heterocycles. The van der Waals surface area contributed by atoms with Gasteiger partial charge in [0.1, 0.15) is 5.82 Å². The van der Waals surface area contributed by atoms with E-state index in [0.29, 0.717) is 12.5 Å². The molecule has 0 unspecified atom stereocenters. The Morgan fingerprint density at radius 2 is 2.12 bits per heavy atom. The van der Waals surface area contributed by atoms with Gasteiger partial charge in [-0.05, 0) is 38.5 Å². The van der Waals surface area contributed by atoms with E-state index in [1.54, 1.807) is 23.1 Å². The van der Waals surface area contributed by atoms with Crippen molar-refractivity contribution in [1.82, 2.24) is 20.1 Å². The Morgan fingerprint density at radius 1 is 1.38 bits per heavy atom. The van der Waals surface area contributed by atoms with Crippen molar-refractivity contribution in [3.63, 3.8) is 0 Å². The van der Waals surface area contributed by atoms with E-state index in [-0.39, 0.29) is 5.91 Å². The fraction of sp³-hybridized carbons (Fsp3) is 0.588. The molecule has 0 aromatic carbocycles. The van der Waals surface area contributed by atoms with Crippen LogP contribution in [-0.2, 0) is 13.0 Å². The minimum absolute atomic E-state index is 0.0188. The first-order chi connectivity index (χ1) is 11.4. The molecule has 0 aliphatic carbocycles. The number of amides is 1. The van der Waals surface area contributed by atoms with Crippen LogP contribution < -0.4 is 5.32 Å². The van der Waals surface area contributed by atoms with Crippen molar-refractivity contribution in [3.8, 4) is 0 Å². The van der Waals surface area contributed by atoms with Crippen LogP contribution in [-0.4, -0.2) is 33.5 Å². The Kier molecular flexibility index (Phi) is 6.86. The van der Waals surface area contributed by atoms with Crippen LogP contribution in [0.3, 0.4) is 0 Å². The lowest BCUT2D eigenvalue weighted by Crippen LogP contribution is -2.25. The number of rotatable bonds is 8. The van der Waals surface area contributed by atoms with Crippen LogP contribution in [0.25, 0.3) is 0 Å². The average molecular weight is 367 g/mol. The van der Waals surface area contributed by atoms with Gasteiger partial charge in [0.25, 0.3) is 5.91 Å². The van der Waals surface area contributed by atoms with Gasteiger partial charge in [0, 0.05) is 29.3 Å². The number of carbonyl (C=O) groups excluding carboxylic acids is 1. The fourth-order valence-electron chi connectivity index (χ4n) is 2.60. The molecule has 1 N–H and O–H groups in total. The summed E-state index contributed by atoms with van der Waals surface area (Å²) in [6, 6.07) is 1.96. The average Bonchev–Trinajstić information content (AvgIpc) is 3.05. The summed E-state index contributed by atoms with van der Waals surface area (Å²) < 4.78 is 2.20. The summed E-state index contributed by atoms with van der Waals surface area (Å²) >= 11 is 3.29. The fourth-order valence-corrected chi connectivity index (χ4v) is 4.05. The molecule has 24 heavy (non-hydrogen) atoms. The largest absolute Gasteiger partial charge is 0.352 e. The molecule has 1 amide bonds. The minimum atomic E-state index is 0.0188. The predicted molar refractivity (Wildman–Crippen MR) is 101 cm³/mol. The molecule has 2 aromatic heterocycles. The third kappa shape index (κ3) is 4.83. The number of nitrogens with zero attached hydrogens (tertiary/aromatic N) is 3. The number of aryl methyl sites for hydroxylation is 3. The molecule has 0 saturated carbocycles. The zero-order valence-electron chi connectivity index (χ0n) is 15.0. The number of nitrogens with one attached hydrogen (secondary N) is 1. The highest BCUT2D eigenvalue weighted by molar-refractivity contribution is 7.98. The van der Waals surface area contributed by atoms with Gasteiger partial charge in [-0.15, -0.1) is 21.5 Å². The summed E-state index contributed by atoms with van der Waals surface area (Å²) in [4.78, 5) is 14.5. The van der Waals surface area contributed by atoms with E-state index in [2.05, 4.69) is 33.9 Å². The van der Waals surface area contributed by atoms with Gasteiger partial charge in [0.15, 0.2) is 5.16 Å². The molecular formula is C17H26N4OS2. The summed E-state index contributed by atoms with van der Waals surface area (Å²) in [5, 5.41) is 12.5. The first kappa shape index (κ1) is 19.0. The first-order valence-corrected chi connectivity index (χ1v) is 10.3. The molecular weight excluding hydrogens is 340 g/mol. The maximum absolute atomic E-state index is 12.2. The molecule has 0 bridgehead atoms. The van der Waals surface area contributed by atoms with E-state index >= 15 is 0 Å². The van der Waals surface area contributed by atoms with Crippen LogP contribution >= 0.6 is 23.1 Å². The number of thioether (sulfide) groups is 1. The van der Waals surface area contributed by atoms with Crippen molar-refractivity contribution < 1.29 is 4.79 Å². The van der Waals surface area contributed by atoms with E-state index in [1.807, 2.05) is 26.2 Å². The lowest BCUT2D eigenvalue weighted by Gasteiger charge is -2.11. The topological polar surface area (TPSA) is 59.8 Å². The van der Waals surface area contributed by atoms with E-state index in [1.165, 1.54) is 4.88 Å². The molecule has 0 atom stereocenters. The highest BCUT2D eigenvalue weighted by atomic mass is 32.2. The van der Waals surface area contributed by atoms with Gasteiger partial charge in [-0.2, -0.15) is 0 Å². The molecule has 0 aliphatic heterocycles. The van der Waals surface area contributed by atoms with Crippen LogP contribution in [0.1, 0.15) is 46.2 Å². The number of hydrogen-bond acceptors (Lipinski definition) is 5. The van der Waals surface area contributed by atoms with Gasteiger partial charge in [-0.3, -0.25) is 4.79 Å². The summed E-state index contributed by atoms with van der Waals surface area (Å²) in [6.07, 6.45) is 3.71. The molecule has 132 valence electrons. The van der Waals surface area contributed by atoms with Crippen LogP contribution in [0, 0.1) is 19.8 Å². The molecule has 5 nitrogen and oxygen atoms in total. The van der Waals surface area contributed by atoms with Crippen molar-refractivity contribution in [2.24, 2.45) is 5.92 Å². The standard InChI is InChI=1S/C17H26N4OS2/c1-11(2)10-21-15(19-20-17(21)23-5)7-6-8-18-16(22)14-9-12(3)24-13(14)4/h9,11H,6-8,10H2,1-5H3,(H,18,22). The highest BCUT2D eigenvalue weighted by Gasteiger charge is 2.14. The molecule has 2 rings (SSSR count). The second-order valence-electron chi connectivity index (χ2n) is 6.29. The highest BCUT2D eigenvalue weighted by Crippen LogP contribution is 2.20. The maximum atomic E-state index is 12.2. The van der Waals surface area contributed by atoms with Crippen molar-refractivity contribution in [3.05, 3.63) is 27.2 Å². The Balaban J connectivity index is 1.87. The van der Waals surface area contributed by atoms with E-state index in [4.69, 9.17) is 0 Å². The summed E-state index contributed by atoms with van der Waals surface area (Å²) in [6.45, 7) is 9.98. The third-order valence-electron chi connectivity index (χ3n) is 3.67. The van der Waals surface area contributed by atoms with E-state index < -0.39 is 0 Å². The Hall–Kier alpha value is -1.34. The lowest BCUT2D eigenvalue weighted by molar-refractivity contribution is 0.0953. The molecule has 2 heterocycles. The number of hydrogen-bond donors (Lipinski definition) is 1. The Labute approximate surface area is 152 Å². The van der Waals surface area contributed by atoms with Crippen molar-refractivity contribution >= 4 is 29.0 Å². The van der Waals surface area contributed by atoms with E-state index in [0.717, 1.165) is 40.8 Å². The maximum Gasteiger partial charge on any atom is 0.252 e. The monoisotopic (exact) mass is 366 g/mol. The first-order valence-electron chi connectivity index (χ1n) is 8.23. The van der Waals surface area contributed by atoms with Crippen LogP contribution in [0.5, 0.6) is 0 Å². The van der Waals surface area contributed by atoms with E-state index in [9.17, 15) is 4.79 Å². The predicted octanol–water partition coefficient (Wildman–Crippen LogP) is 3.70. The summed E-state index contributed by atoms with van der Waals surface area (Å²) in [5.74, 6) is 1.57. The quantitative estimate of drug-likeness (QED) is 0.572.